The third-order valence-corrected chi connectivity index (χ3v) is 2.55. The zero-order valence-electron chi connectivity index (χ0n) is 8.68. The zero-order chi connectivity index (χ0) is 11.8. The van der Waals surface area contributed by atoms with Gasteiger partial charge in [0, 0.05) is 23.2 Å². The Morgan fingerprint density at radius 2 is 2.06 bits per heavy atom. The molecule has 0 aliphatic heterocycles. The van der Waals surface area contributed by atoms with Crippen LogP contribution in [-0.4, -0.2) is 20.3 Å². The first kappa shape index (κ1) is 9.77. The molecule has 0 bridgehead atoms. The summed E-state index contributed by atoms with van der Waals surface area (Å²) in [4.78, 5) is 3.49. The summed E-state index contributed by atoms with van der Waals surface area (Å²) in [7, 11) is 0. The van der Waals surface area contributed by atoms with Crippen molar-refractivity contribution in [2.24, 2.45) is 0 Å². The summed E-state index contributed by atoms with van der Waals surface area (Å²) in [6, 6.07) is 7.85. The lowest BCUT2D eigenvalue weighted by Gasteiger charge is -1.98. The summed E-state index contributed by atoms with van der Waals surface area (Å²) < 4.78 is 13.0. The minimum absolute atomic E-state index is 0.148. The smallest absolute Gasteiger partial charge is 0.213 e. The quantitative estimate of drug-likeness (QED) is 0.630. The van der Waals surface area contributed by atoms with Gasteiger partial charge in [0.25, 0.3) is 0 Å². The molecule has 0 spiro atoms. The second kappa shape index (κ2) is 3.55. The molecule has 0 fully saturated rings. The van der Waals surface area contributed by atoms with E-state index in [1.165, 1.54) is 12.3 Å². The molecule has 0 unspecified atom stereocenters. The standard InChI is InChI=1S/C12H8FN3O/c13-11-5-7(3-4-14-11)12-9-6-8(17)1-2-10(9)15-16-12/h1-6,17H,(H,15,16). The van der Waals surface area contributed by atoms with Crippen LogP contribution in [-0.2, 0) is 0 Å². The molecular weight excluding hydrogens is 221 g/mol. The van der Waals surface area contributed by atoms with E-state index in [1.807, 2.05) is 0 Å². The number of aromatic amines is 1. The molecule has 5 heteroatoms. The number of nitrogens with one attached hydrogen (secondary N) is 1. The van der Waals surface area contributed by atoms with Gasteiger partial charge in [0.2, 0.25) is 5.95 Å². The van der Waals surface area contributed by atoms with Gasteiger partial charge >= 0.3 is 0 Å². The molecule has 0 amide bonds. The molecular formula is C12H8FN3O. The van der Waals surface area contributed by atoms with Crippen LogP contribution < -0.4 is 0 Å². The minimum Gasteiger partial charge on any atom is -0.508 e. The minimum atomic E-state index is -0.557. The van der Waals surface area contributed by atoms with Crippen LogP contribution in [0.4, 0.5) is 4.39 Å². The number of hydrogen-bond acceptors (Lipinski definition) is 3. The van der Waals surface area contributed by atoms with Crippen molar-refractivity contribution in [2.45, 2.75) is 0 Å². The van der Waals surface area contributed by atoms with Crippen LogP contribution in [0.2, 0.25) is 0 Å². The molecule has 0 saturated carbocycles. The lowest BCUT2D eigenvalue weighted by atomic mass is 10.1. The van der Waals surface area contributed by atoms with E-state index in [9.17, 15) is 9.50 Å². The molecule has 0 saturated heterocycles. The average Bonchev–Trinajstić information content (AvgIpc) is 2.71. The number of benzene rings is 1. The zero-order valence-corrected chi connectivity index (χ0v) is 8.68. The van der Waals surface area contributed by atoms with E-state index in [0.29, 0.717) is 11.3 Å². The Morgan fingerprint density at radius 1 is 1.18 bits per heavy atom. The predicted molar refractivity (Wildman–Crippen MR) is 60.9 cm³/mol. The first-order valence-electron chi connectivity index (χ1n) is 5.03. The van der Waals surface area contributed by atoms with Crippen LogP contribution in [0, 0.1) is 5.95 Å². The number of fused-ring (bicyclic) bond motifs is 1. The van der Waals surface area contributed by atoms with Gasteiger partial charge in [-0.1, -0.05) is 0 Å². The molecule has 3 aromatic rings. The molecule has 0 aliphatic carbocycles. The molecule has 2 heterocycles. The summed E-state index contributed by atoms with van der Waals surface area (Å²) >= 11 is 0. The highest BCUT2D eigenvalue weighted by molar-refractivity contribution is 5.93. The number of pyridine rings is 1. The Bertz CT molecular complexity index is 693. The molecule has 0 atom stereocenters. The molecule has 2 N–H and O–H groups in total. The number of nitrogens with zero attached hydrogens (tertiary/aromatic N) is 2. The fourth-order valence-electron chi connectivity index (χ4n) is 1.77. The van der Waals surface area contributed by atoms with E-state index in [-0.39, 0.29) is 5.75 Å². The molecule has 3 rings (SSSR count). The topological polar surface area (TPSA) is 61.8 Å². The molecule has 84 valence electrons. The van der Waals surface area contributed by atoms with E-state index in [4.69, 9.17) is 0 Å². The predicted octanol–water partition coefficient (Wildman–Crippen LogP) is 2.47. The van der Waals surface area contributed by atoms with Crippen LogP contribution in [0.25, 0.3) is 22.2 Å². The SMILES string of the molecule is Oc1ccc2[nH]nc(-c3ccnc(F)c3)c2c1. The third-order valence-electron chi connectivity index (χ3n) is 2.55. The van der Waals surface area contributed by atoms with Crippen LogP contribution in [0.15, 0.2) is 36.5 Å². The number of rotatable bonds is 1. The first-order valence-corrected chi connectivity index (χ1v) is 5.03. The van der Waals surface area contributed by atoms with Crippen molar-refractivity contribution in [3.05, 3.63) is 42.5 Å². The van der Waals surface area contributed by atoms with Gasteiger partial charge in [-0.05, 0) is 24.3 Å². The molecule has 17 heavy (non-hydrogen) atoms. The van der Waals surface area contributed by atoms with Crippen molar-refractivity contribution in [1.29, 1.82) is 0 Å². The largest absolute Gasteiger partial charge is 0.508 e. The second-order valence-electron chi connectivity index (χ2n) is 3.67. The number of phenols is 1. The fraction of sp³-hybridized carbons (Fsp3) is 0. The Kier molecular flexibility index (Phi) is 2.04. The van der Waals surface area contributed by atoms with E-state index in [2.05, 4.69) is 15.2 Å². The maximum absolute atomic E-state index is 13.0. The third kappa shape index (κ3) is 1.61. The molecule has 0 radical (unpaired) electrons. The van der Waals surface area contributed by atoms with Crippen molar-refractivity contribution in [2.75, 3.05) is 0 Å². The van der Waals surface area contributed by atoms with Gasteiger partial charge < -0.3 is 5.11 Å². The first-order chi connectivity index (χ1) is 8.24. The number of aromatic nitrogens is 3. The van der Waals surface area contributed by atoms with Gasteiger partial charge in [-0.2, -0.15) is 9.49 Å². The lowest BCUT2D eigenvalue weighted by molar-refractivity contribution is 0.476. The van der Waals surface area contributed by atoms with Crippen LogP contribution in [0.1, 0.15) is 0 Å². The number of hydrogen-bond donors (Lipinski definition) is 2. The van der Waals surface area contributed by atoms with Crippen molar-refractivity contribution in [1.82, 2.24) is 15.2 Å². The van der Waals surface area contributed by atoms with Gasteiger partial charge in [0.1, 0.15) is 11.4 Å². The van der Waals surface area contributed by atoms with Gasteiger partial charge in [-0.25, -0.2) is 4.98 Å². The van der Waals surface area contributed by atoms with E-state index in [1.54, 1.807) is 24.3 Å². The Balaban J connectivity index is 2.27. The summed E-state index contributed by atoms with van der Waals surface area (Å²) in [6.45, 7) is 0. The van der Waals surface area contributed by atoms with Gasteiger partial charge in [-0.3, -0.25) is 5.10 Å². The van der Waals surface area contributed by atoms with Crippen LogP contribution in [0.5, 0.6) is 5.75 Å². The number of H-pyrrole nitrogens is 1. The highest BCUT2D eigenvalue weighted by Crippen LogP contribution is 2.28. The number of aromatic hydroxyl groups is 1. The van der Waals surface area contributed by atoms with E-state index >= 15 is 0 Å². The molecule has 2 aromatic heterocycles. The molecule has 1 aromatic carbocycles. The summed E-state index contributed by atoms with van der Waals surface area (Å²) in [5.74, 6) is -0.409. The van der Waals surface area contributed by atoms with E-state index in [0.717, 1.165) is 10.9 Å². The number of phenolic OH excluding ortho intramolecular Hbond substituents is 1. The Hall–Kier alpha value is -2.43. The van der Waals surface area contributed by atoms with Gasteiger partial charge in [-0.15, -0.1) is 0 Å². The fourth-order valence-corrected chi connectivity index (χ4v) is 1.77. The van der Waals surface area contributed by atoms with Crippen molar-refractivity contribution < 1.29 is 9.50 Å². The van der Waals surface area contributed by atoms with Crippen LogP contribution >= 0.6 is 0 Å². The summed E-state index contributed by atoms with van der Waals surface area (Å²) in [5.41, 5.74) is 2.00. The summed E-state index contributed by atoms with van der Waals surface area (Å²) in [5, 5.41) is 17.1. The summed E-state index contributed by atoms with van der Waals surface area (Å²) in [6.07, 6.45) is 1.38. The van der Waals surface area contributed by atoms with Crippen LogP contribution in [0.3, 0.4) is 0 Å². The molecule has 0 aliphatic rings. The van der Waals surface area contributed by atoms with Gasteiger partial charge in [0.05, 0.1) is 5.52 Å². The molecule has 4 nitrogen and oxygen atoms in total. The number of halogens is 1. The Labute approximate surface area is 95.7 Å². The van der Waals surface area contributed by atoms with Crippen molar-refractivity contribution in [3.8, 4) is 17.0 Å². The van der Waals surface area contributed by atoms with Crippen molar-refractivity contribution in [3.63, 3.8) is 0 Å². The van der Waals surface area contributed by atoms with Crippen molar-refractivity contribution >= 4 is 10.9 Å². The lowest BCUT2D eigenvalue weighted by Crippen LogP contribution is -1.84. The maximum Gasteiger partial charge on any atom is 0.213 e. The average molecular weight is 229 g/mol. The monoisotopic (exact) mass is 229 g/mol. The van der Waals surface area contributed by atoms with E-state index < -0.39 is 5.95 Å². The van der Waals surface area contributed by atoms with Gasteiger partial charge in [0.15, 0.2) is 0 Å². The highest BCUT2D eigenvalue weighted by atomic mass is 19.1. The Morgan fingerprint density at radius 3 is 2.88 bits per heavy atom. The normalized spacial score (nSPS) is 10.9. The second-order valence-corrected chi connectivity index (χ2v) is 3.67. The highest BCUT2D eigenvalue weighted by Gasteiger charge is 2.09. The maximum atomic E-state index is 13.0.